The highest BCUT2D eigenvalue weighted by molar-refractivity contribution is 9.11. The van der Waals surface area contributed by atoms with Crippen molar-refractivity contribution in [1.29, 1.82) is 0 Å². The Balaban J connectivity index is 0. The van der Waals surface area contributed by atoms with Gasteiger partial charge in [0.25, 0.3) is 0 Å². The Kier molecular flexibility index (Phi) is 11.7. The van der Waals surface area contributed by atoms with E-state index in [1.165, 1.54) is 6.08 Å². The molecule has 0 spiro atoms. The fourth-order valence-electron chi connectivity index (χ4n) is 0.597. The van der Waals surface area contributed by atoms with Crippen molar-refractivity contribution in [2.75, 3.05) is 6.54 Å². The Hall–Kier alpha value is -0.670. The highest BCUT2D eigenvalue weighted by Crippen LogP contribution is 2.05. The standard InChI is InChI=1S/C9H12BrNO.C2H6/c1-3-8(9(12)6-11)5-4-7(2)10;1-2/h3-5H,1,6,11H2,2H3;1-2H3/b7-4+,8-5+;. The van der Waals surface area contributed by atoms with Crippen molar-refractivity contribution in [2.24, 2.45) is 5.73 Å². The lowest BCUT2D eigenvalue weighted by atomic mass is 10.1. The maximum atomic E-state index is 11.0. The molecule has 0 fully saturated rings. The molecule has 0 aliphatic heterocycles. The average molecular weight is 260 g/mol. The van der Waals surface area contributed by atoms with Gasteiger partial charge in [-0.2, -0.15) is 0 Å². The summed E-state index contributed by atoms with van der Waals surface area (Å²) in [5.41, 5.74) is 5.72. The van der Waals surface area contributed by atoms with Crippen molar-refractivity contribution in [3.63, 3.8) is 0 Å². The van der Waals surface area contributed by atoms with E-state index in [2.05, 4.69) is 22.5 Å². The third kappa shape index (κ3) is 7.95. The highest BCUT2D eigenvalue weighted by Gasteiger charge is 2.00. The normalized spacial score (nSPS) is 11.5. The fourth-order valence-corrected chi connectivity index (χ4v) is 0.729. The van der Waals surface area contributed by atoms with Crippen LogP contribution in [0.25, 0.3) is 0 Å². The van der Waals surface area contributed by atoms with E-state index in [0.29, 0.717) is 5.57 Å². The zero-order valence-electron chi connectivity index (χ0n) is 9.01. The molecule has 3 heteroatoms. The van der Waals surface area contributed by atoms with E-state index in [4.69, 9.17) is 5.73 Å². The smallest absolute Gasteiger partial charge is 0.176 e. The third-order valence-corrected chi connectivity index (χ3v) is 1.48. The lowest BCUT2D eigenvalue weighted by Gasteiger charge is -1.95. The summed E-state index contributed by atoms with van der Waals surface area (Å²) in [7, 11) is 0. The molecule has 2 nitrogen and oxygen atoms in total. The molecule has 0 aromatic carbocycles. The van der Waals surface area contributed by atoms with Gasteiger partial charge in [-0.1, -0.05) is 54.6 Å². The molecule has 0 saturated carbocycles. The Morgan fingerprint density at radius 3 is 2.21 bits per heavy atom. The van der Waals surface area contributed by atoms with Gasteiger partial charge in [0.05, 0.1) is 6.54 Å². The summed E-state index contributed by atoms with van der Waals surface area (Å²) in [5, 5.41) is 0. The van der Waals surface area contributed by atoms with Gasteiger partial charge in [-0.3, -0.25) is 4.79 Å². The molecule has 14 heavy (non-hydrogen) atoms. The summed E-state index contributed by atoms with van der Waals surface area (Å²) in [4.78, 5) is 11.0. The zero-order valence-corrected chi connectivity index (χ0v) is 10.6. The largest absolute Gasteiger partial charge is 0.324 e. The minimum Gasteiger partial charge on any atom is -0.324 e. The molecular weight excluding hydrogens is 242 g/mol. The van der Waals surface area contributed by atoms with E-state index in [1.54, 1.807) is 12.2 Å². The Labute approximate surface area is 94.7 Å². The van der Waals surface area contributed by atoms with E-state index in [-0.39, 0.29) is 12.3 Å². The van der Waals surface area contributed by atoms with Crippen molar-refractivity contribution in [3.05, 3.63) is 34.9 Å². The van der Waals surface area contributed by atoms with E-state index < -0.39 is 0 Å². The lowest BCUT2D eigenvalue weighted by Crippen LogP contribution is -2.14. The highest BCUT2D eigenvalue weighted by atomic mass is 79.9. The summed E-state index contributed by atoms with van der Waals surface area (Å²) in [6, 6.07) is 0. The minimum absolute atomic E-state index is 0.0209. The van der Waals surface area contributed by atoms with Gasteiger partial charge in [0, 0.05) is 5.57 Å². The Morgan fingerprint density at radius 1 is 1.43 bits per heavy atom. The molecule has 0 aromatic heterocycles. The van der Waals surface area contributed by atoms with E-state index >= 15 is 0 Å². The topological polar surface area (TPSA) is 43.1 Å². The van der Waals surface area contributed by atoms with E-state index in [1.807, 2.05) is 20.8 Å². The van der Waals surface area contributed by atoms with Crippen molar-refractivity contribution in [2.45, 2.75) is 20.8 Å². The second-order valence-corrected chi connectivity index (χ2v) is 3.46. The number of carbonyl (C=O) groups is 1. The number of halogens is 1. The van der Waals surface area contributed by atoms with E-state index in [9.17, 15) is 4.79 Å². The molecule has 0 saturated heterocycles. The molecule has 80 valence electrons. The fraction of sp³-hybridized carbons (Fsp3) is 0.364. The zero-order chi connectivity index (χ0) is 11.6. The monoisotopic (exact) mass is 259 g/mol. The average Bonchev–Trinajstić information content (AvgIpc) is 2.21. The summed E-state index contributed by atoms with van der Waals surface area (Å²) in [6.45, 7) is 9.42. The number of carbonyl (C=O) groups excluding carboxylic acids is 1. The molecular formula is C11H18BrNO. The van der Waals surface area contributed by atoms with Gasteiger partial charge in [-0.15, -0.1) is 0 Å². The van der Waals surface area contributed by atoms with Gasteiger partial charge in [0.1, 0.15) is 0 Å². The molecule has 0 aliphatic carbocycles. The number of ketones is 1. The predicted molar refractivity (Wildman–Crippen MR) is 66.4 cm³/mol. The maximum Gasteiger partial charge on any atom is 0.176 e. The summed E-state index contributed by atoms with van der Waals surface area (Å²) >= 11 is 3.24. The molecule has 0 bridgehead atoms. The van der Waals surface area contributed by atoms with Crippen LogP contribution in [0.5, 0.6) is 0 Å². The SMILES string of the molecule is C=C/C(=C\C=C(/C)Br)C(=O)CN.CC. The molecule has 0 aromatic rings. The molecule has 0 atom stereocenters. The van der Waals surface area contributed by atoms with Crippen molar-refractivity contribution < 1.29 is 4.79 Å². The Morgan fingerprint density at radius 2 is 1.93 bits per heavy atom. The lowest BCUT2D eigenvalue weighted by molar-refractivity contribution is -0.114. The first-order valence-corrected chi connectivity index (χ1v) is 5.31. The van der Waals surface area contributed by atoms with Crippen molar-refractivity contribution in [3.8, 4) is 0 Å². The second-order valence-electron chi connectivity index (χ2n) is 2.21. The number of hydrogen-bond donors (Lipinski definition) is 1. The molecule has 0 rings (SSSR count). The van der Waals surface area contributed by atoms with Gasteiger partial charge >= 0.3 is 0 Å². The third-order valence-electron chi connectivity index (χ3n) is 1.22. The van der Waals surface area contributed by atoms with Crippen LogP contribution in [-0.2, 0) is 4.79 Å². The first kappa shape index (κ1) is 15.8. The van der Waals surface area contributed by atoms with Gasteiger partial charge in [-0.25, -0.2) is 0 Å². The van der Waals surface area contributed by atoms with Crippen LogP contribution in [0.2, 0.25) is 0 Å². The second kappa shape index (κ2) is 10.4. The van der Waals surface area contributed by atoms with Crippen LogP contribution in [-0.4, -0.2) is 12.3 Å². The van der Waals surface area contributed by atoms with Crippen LogP contribution in [0.1, 0.15) is 20.8 Å². The minimum atomic E-state index is -0.102. The molecule has 0 unspecified atom stereocenters. The number of allylic oxidation sites excluding steroid dienone is 4. The summed E-state index contributed by atoms with van der Waals surface area (Å²) < 4.78 is 0.951. The predicted octanol–water partition coefficient (Wildman–Crippen LogP) is 2.95. The number of nitrogens with two attached hydrogens (primary N) is 1. The Bertz CT molecular complexity index is 238. The maximum absolute atomic E-state index is 11.0. The number of Topliss-reactive ketones (excluding diaryl/α,β-unsaturated/α-hetero) is 1. The molecule has 2 N–H and O–H groups in total. The summed E-state index contributed by atoms with van der Waals surface area (Å²) in [6.07, 6.45) is 4.97. The van der Waals surface area contributed by atoms with Crippen LogP contribution >= 0.6 is 15.9 Å². The van der Waals surface area contributed by atoms with Gasteiger partial charge in [0.2, 0.25) is 0 Å². The van der Waals surface area contributed by atoms with Gasteiger partial charge < -0.3 is 5.73 Å². The van der Waals surface area contributed by atoms with Crippen molar-refractivity contribution in [1.82, 2.24) is 0 Å². The molecule has 0 radical (unpaired) electrons. The van der Waals surface area contributed by atoms with E-state index in [0.717, 1.165) is 4.48 Å². The number of hydrogen-bond acceptors (Lipinski definition) is 2. The van der Waals surface area contributed by atoms with Gasteiger partial charge in [0.15, 0.2) is 5.78 Å². The van der Waals surface area contributed by atoms with Crippen LogP contribution in [0.15, 0.2) is 34.9 Å². The van der Waals surface area contributed by atoms with Gasteiger partial charge in [-0.05, 0) is 11.4 Å². The van der Waals surface area contributed by atoms with Crippen molar-refractivity contribution >= 4 is 21.7 Å². The number of rotatable bonds is 4. The molecule has 0 heterocycles. The summed E-state index contributed by atoms with van der Waals surface area (Å²) in [5.74, 6) is -0.102. The van der Waals surface area contributed by atoms with Crippen LogP contribution in [0.3, 0.4) is 0 Å². The van der Waals surface area contributed by atoms with Crippen LogP contribution in [0.4, 0.5) is 0 Å². The molecule has 0 amide bonds. The van der Waals surface area contributed by atoms with Crippen LogP contribution in [0, 0.1) is 0 Å². The first-order chi connectivity index (χ1) is 6.61. The quantitative estimate of drug-likeness (QED) is 0.623. The van der Waals surface area contributed by atoms with Crippen LogP contribution < -0.4 is 5.73 Å². The molecule has 0 aliphatic rings. The first-order valence-electron chi connectivity index (χ1n) is 4.51.